The quantitative estimate of drug-likeness (QED) is 0.749. The van der Waals surface area contributed by atoms with E-state index in [1.165, 1.54) is 48.2 Å². The number of allylic oxidation sites excluding steroid dienone is 1. The summed E-state index contributed by atoms with van der Waals surface area (Å²) in [4.78, 5) is 2.38. The van der Waals surface area contributed by atoms with Gasteiger partial charge >= 0.3 is 0 Å². The van der Waals surface area contributed by atoms with E-state index >= 15 is 0 Å². The van der Waals surface area contributed by atoms with Crippen molar-refractivity contribution in [2.45, 2.75) is 25.7 Å². The molecule has 2 aromatic carbocycles. The molecule has 0 saturated heterocycles. The number of para-hydroxylation sites is 2. The van der Waals surface area contributed by atoms with Crippen molar-refractivity contribution in [3.63, 3.8) is 0 Å². The van der Waals surface area contributed by atoms with E-state index in [0.29, 0.717) is 0 Å². The molecule has 2 heterocycles. The van der Waals surface area contributed by atoms with Crippen molar-refractivity contribution < 1.29 is 17.0 Å². The van der Waals surface area contributed by atoms with Crippen LogP contribution in [0, 0.1) is 0 Å². The monoisotopic (exact) mass is 338 g/mol. The first-order chi connectivity index (χ1) is 11.4. The smallest absolute Gasteiger partial charge is 0.208 e. The number of hydrogen-bond acceptors (Lipinski definition) is 1. The van der Waals surface area contributed by atoms with E-state index in [2.05, 4.69) is 76.5 Å². The molecule has 0 spiro atoms. The van der Waals surface area contributed by atoms with Gasteiger partial charge in [-0.3, -0.25) is 0 Å². The van der Waals surface area contributed by atoms with Crippen molar-refractivity contribution in [1.82, 2.24) is 0 Å². The zero-order chi connectivity index (χ0) is 15.5. The Balaban J connectivity index is 0.00000169. The predicted molar refractivity (Wildman–Crippen MR) is 96.9 cm³/mol. The lowest BCUT2D eigenvalue weighted by Crippen LogP contribution is -3.00. The van der Waals surface area contributed by atoms with Crippen LogP contribution in [0.2, 0.25) is 0 Å². The Hall–Kier alpha value is -2.06. The van der Waals surface area contributed by atoms with E-state index in [9.17, 15) is 0 Å². The van der Waals surface area contributed by atoms with Crippen molar-refractivity contribution in [1.29, 1.82) is 0 Å². The van der Waals surface area contributed by atoms with Crippen molar-refractivity contribution in [2.75, 3.05) is 18.0 Å². The molecule has 3 heteroatoms. The highest BCUT2D eigenvalue weighted by atomic mass is 35.5. The summed E-state index contributed by atoms with van der Waals surface area (Å²) in [5.41, 5.74) is 5.66. The van der Waals surface area contributed by atoms with Crippen molar-refractivity contribution in [3.05, 3.63) is 71.9 Å². The van der Waals surface area contributed by atoms with Gasteiger partial charge in [-0.2, -0.15) is 4.58 Å². The molecular weight excluding hydrogens is 316 g/mol. The number of anilines is 1. The van der Waals surface area contributed by atoms with Crippen LogP contribution in [-0.4, -0.2) is 23.9 Å². The lowest BCUT2D eigenvalue weighted by atomic mass is 10.0. The first-order valence-corrected chi connectivity index (χ1v) is 8.62. The second kappa shape index (κ2) is 7.67. The molecule has 0 amide bonds. The number of rotatable bonds is 2. The fourth-order valence-electron chi connectivity index (χ4n) is 3.68. The number of fused-ring (bicyclic) bond motifs is 2. The Morgan fingerprint density at radius 3 is 2.54 bits per heavy atom. The van der Waals surface area contributed by atoms with Crippen molar-refractivity contribution >= 4 is 17.6 Å². The Bertz CT molecular complexity index is 764. The first-order valence-electron chi connectivity index (χ1n) is 8.62. The van der Waals surface area contributed by atoms with Crippen LogP contribution < -0.4 is 17.3 Å². The minimum Gasteiger partial charge on any atom is -1.00 e. The van der Waals surface area contributed by atoms with Gasteiger partial charge in [-0.05, 0) is 30.9 Å². The zero-order valence-electron chi connectivity index (χ0n) is 13.9. The van der Waals surface area contributed by atoms with E-state index in [0.717, 1.165) is 13.1 Å². The number of aryl methyl sites for hydroxylation is 2. The van der Waals surface area contributed by atoms with Crippen molar-refractivity contribution in [3.8, 4) is 0 Å². The number of halogens is 1. The zero-order valence-corrected chi connectivity index (χ0v) is 14.6. The minimum atomic E-state index is 0. The topological polar surface area (TPSA) is 6.25 Å². The second-order valence-electron chi connectivity index (χ2n) is 6.34. The molecule has 2 nitrogen and oxygen atoms in total. The van der Waals surface area contributed by atoms with Crippen LogP contribution in [0.1, 0.15) is 24.0 Å². The molecule has 2 aliphatic rings. The Labute approximate surface area is 150 Å². The van der Waals surface area contributed by atoms with Gasteiger partial charge in [0.1, 0.15) is 6.54 Å². The van der Waals surface area contributed by atoms with Crippen LogP contribution in [0.15, 0.2) is 60.8 Å². The predicted octanol–water partition coefficient (Wildman–Crippen LogP) is 1.32. The maximum absolute atomic E-state index is 2.38. The third-order valence-electron chi connectivity index (χ3n) is 4.82. The van der Waals surface area contributed by atoms with Gasteiger partial charge in [0, 0.05) is 42.6 Å². The van der Waals surface area contributed by atoms with Gasteiger partial charge in [-0.25, -0.2) is 0 Å². The minimum absolute atomic E-state index is 0. The standard InChI is InChI=1S/C21H23N2.ClH/c1-3-12-20-18(8-1)10-5-14-22(20)16-7-17-23-15-6-11-19-9-2-4-13-21(19)23;/h1-4,7-9,12-13,16-17H,5-6,10-11,14-15H2;1H/q+1;/p-1. The average Bonchev–Trinajstić information content (AvgIpc) is 2.62. The van der Waals surface area contributed by atoms with Crippen molar-refractivity contribution in [2.24, 2.45) is 0 Å². The van der Waals surface area contributed by atoms with E-state index in [-0.39, 0.29) is 12.4 Å². The average molecular weight is 339 g/mol. The summed E-state index contributed by atoms with van der Waals surface area (Å²) >= 11 is 0. The number of nitrogens with zero attached hydrogens (tertiary/aromatic N) is 2. The summed E-state index contributed by atoms with van der Waals surface area (Å²) in [5, 5.41) is 0. The molecular formula is C21H23ClN2. The first kappa shape index (κ1) is 16.8. The highest BCUT2D eigenvalue weighted by Crippen LogP contribution is 2.27. The van der Waals surface area contributed by atoms with Gasteiger partial charge in [-0.15, -0.1) is 0 Å². The molecule has 0 aromatic heterocycles. The molecule has 0 N–H and O–H groups in total. The molecule has 0 saturated carbocycles. The largest absolute Gasteiger partial charge is 1.00 e. The summed E-state index contributed by atoms with van der Waals surface area (Å²) in [6.45, 7) is 2.22. The third-order valence-corrected chi connectivity index (χ3v) is 4.82. The lowest BCUT2D eigenvalue weighted by Gasteiger charge is -2.27. The maximum atomic E-state index is 2.38. The van der Waals surface area contributed by atoms with Crippen LogP contribution in [0.3, 0.4) is 0 Å². The van der Waals surface area contributed by atoms with Gasteiger partial charge in [0.2, 0.25) is 5.69 Å². The van der Waals surface area contributed by atoms with Gasteiger partial charge in [0.15, 0.2) is 6.21 Å². The highest BCUT2D eigenvalue weighted by molar-refractivity contribution is 5.70. The summed E-state index contributed by atoms with van der Waals surface area (Å²) in [5.74, 6) is 0. The summed E-state index contributed by atoms with van der Waals surface area (Å²) in [6, 6.07) is 17.5. The molecule has 0 fully saturated rings. The van der Waals surface area contributed by atoms with E-state index in [1.807, 2.05) is 0 Å². The molecule has 24 heavy (non-hydrogen) atoms. The molecule has 2 aromatic rings. The lowest BCUT2D eigenvalue weighted by molar-refractivity contribution is -0.440. The van der Waals surface area contributed by atoms with Crippen LogP contribution in [0.25, 0.3) is 0 Å². The fraction of sp³-hybridized carbons (Fsp3) is 0.286. The highest BCUT2D eigenvalue weighted by Gasteiger charge is 2.19. The molecule has 0 radical (unpaired) electrons. The summed E-state index contributed by atoms with van der Waals surface area (Å²) in [7, 11) is 0. The summed E-state index contributed by atoms with van der Waals surface area (Å²) in [6.07, 6.45) is 11.5. The van der Waals surface area contributed by atoms with Crippen LogP contribution >= 0.6 is 0 Å². The Kier molecular flexibility index (Phi) is 5.37. The molecule has 0 aliphatic carbocycles. The molecule has 0 unspecified atom stereocenters. The molecule has 124 valence electrons. The Morgan fingerprint density at radius 1 is 0.875 bits per heavy atom. The van der Waals surface area contributed by atoms with Gasteiger partial charge in [0.05, 0.1) is 0 Å². The molecule has 4 rings (SSSR count). The van der Waals surface area contributed by atoms with E-state index in [4.69, 9.17) is 0 Å². The maximum Gasteiger partial charge on any atom is 0.208 e. The SMILES string of the molecule is C(/C=C/N1CCCc2ccccc21)=[N+]1CCCc2ccccc21.[Cl-]. The fourth-order valence-corrected chi connectivity index (χ4v) is 3.68. The van der Waals surface area contributed by atoms with E-state index in [1.54, 1.807) is 0 Å². The van der Waals surface area contributed by atoms with Crippen LogP contribution in [0.4, 0.5) is 11.4 Å². The number of benzene rings is 2. The Morgan fingerprint density at radius 2 is 1.62 bits per heavy atom. The molecule has 0 bridgehead atoms. The van der Waals surface area contributed by atoms with Gasteiger partial charge in [-0.1, -0.05) is 36.4 Å². The van der Waals surface area contributed by atoms with Crippen LogP contribution in [0.5, 0.6) is 0 Å². The molecule has 0 atom stereocenters. The number of hydrogen-bond donors (Lipinski definition) is 0. The van der Waals surface area contributed by atoms with Gasteiger partial charge < -0.3 is 17.3 Å². The normalized spacial score (nSPS) is 18.2. The summed E-state index contributed by atoms with van der Waals surface area (Å²) < 4.78 is 2.38. The molecule has 2 aliphatic heterocycles. The second-order valence-corrected chi connectivity index (χ2v) is 6.34. The van der Waals surface area contributed by atoms with Gasteiger partial charge in [0.25, 0.3) is 0 Å². The van der Waals surface area contributed by atoms with E-state index < -0.39 is 0 Å². The van der Waals surface area contributed by atoms with Crippen LogP contribution in [-0.2, 0) is 12.8 Å². The third kappa shape index (κ3) is 3.39.